The number of hydrogen-bond acceptors (Lipinski definition) is 16. The Hall–Kier alpha value is -1.45. The van der Waals surface area contributed by atoms with E-state index in [1.54, 1.807) is 60.4 Å². The maximum atomic E-state index is 14.3. The fraction of sp³-hybridized carbons (Fsp3) is 0.923. The lowest BCUT2D eigenvalue weighted by atomic mass is 9.77. The Kier molecular flexibility index (Phi) is 17.2. The maximum Gasteiger partial charge on any atom is 0.482 e. The van der Waals surface area contributed by atoms with E-state index in [4.69, 9.17) is 28.4 Å². The molecule has 3 aliphatic heterocycles. The van der Waals surface area contributed by atoms with Crippen molar-refractivity contribution in [3.05, 3.63) is 12.2 Å². The van der Waals surface area contributed by atoms with Gasteiger partial charge in [-0.1, -0.05) is 20.8 Å². The quantitative estimate of drug-likeness (QED) is 0.127. The summed E-state index contributed by atoms with van der Waals surface area (Å²) in [5.41, 5.74) is -4.54. The Morgan fingerprint density at radius 1 is 0.982 bits per heavy atom. The van der Waals surface area contributed by atoms with E-state index in [0.29, 0.717) is 13.0 Å². The average molecular weight is 805 g/mol. The first-order valence-electron chi connectivity index (χ1n) is 20.1. The van der Waals surface area contributed by atoms with Crippen LogP contribution < -0.4 is 0 Å². The van der Waals surface area contributed by atoms with Gasteiger partial charge in [-0.2, -0.15) is 0 Å². The van der Waals surface area contributed by atoms with E-state index in [0.717, 1.165) is 0 Å². The molecule has 3 saturated heterocycles. The SMILES string of the molecule is CC[C@H]1OC(=O)[C@H](C)[C@@H](O[C@H]2C[C@@](C)(OC)[C@@H](O)[C@H](C)O2)[C@H](C)[C@@H](O[C@@H]2O[C@H](C)C[C@H](N(C)C=CB(O)O)[C@H]2O)[C@](C)(O)C[C@@H](C)CN(C)[C@H](C)[C@@H](O)[C@]1(C)O. The van der Waals surface area contributed by atoms with Gasteiger partial charge in [0, 0.05) is 39.1 Å². The number of ether oxygens (including phenoxy) is 6. The number of carbonyl (C=O) groups is 1. The molecule has 0 amide bonds. The van der Waals surface area contributed by atoms with Crippen LogP contribution in [0.15, 0.2) is 12.2 Å². The van der Waals surface area contributed by atoms with Crippen molar-refractivity contribution in [2.24, 2.45) is 17.8 Å². The van der Waals surface area contributed by atoms with E-state index < -0.39 is 115 Å². The molecule has 3 aliphatic rings. The van der Waals surface area contributed by atoms with Crippen LogP contribution in [0.25, 0.3) is 0 Å². The predicted molar refractivity (Wildman–Crippen MR) is 208 cm³/mol. The summed E-state index contributed by atoms with van der Waals surface area (Å²) in [5.74, 6) is -1.67. The third kappa shape index (κ3) is 11.4. The van der Waals surface area contributed by atoms with Crippen LogP contribution >= 0.6 is 0 Å². The minimum atomic E-state index is -1.84. The molecule has 7 N–H and O–H groups in total. The monoisotopic (exact) mass is 805 g/mol. The minimum Gasteiger partial charge on any atom is -0.459 e. The van der Waals surface area contributed by atoms with Crippen molar-refractivity contribution in [1.29, 1.82) is 0 Å². The summed E-state index contributed by atoms with van der Waals surface area (Å²) < 4.78 is 37.5. The second kappa shape index (κ2) is 19.7. The van der Waals surface area contributed by atoms with Gasteiger partial charge in [0.25, 0.3) is 0 Å². The Morgan fingerprint density at radius 3 is 2.18 bits per heavy atom. The number of aliphatic hydroxyl groups excluding tert-OH is 3. The van der Waals surface area contributed by atoms with Crippen LogP contribution in [0.3, 0.4) is 0 Å². The summed E-state index contributed by atoms with van der Waals surface area (Å²) in [5, 5.41) is 77.4. The zero-order chi connectivity index (χ0) is 42.7. The molecular weight excluding hydrogens is 731 g/mol. The third-order valence-electron chi connectivity index (χ3n) is 12.6. The summed E-state index contributed by atoms with van der Waals surface area (Å²) in [4.78, 5) is 17.8. The normalized spacial score (nSPS) is 46.9. The number of likely N-dealkylation sites (N-methyl/N-ethyl adjacent to an activating group) is 2. The van der Waals surface area contributed by atoms with Crippen LogP contribution in [-0.4, -0.2) is 177 Å². The van der Waals surface area contributed by atoms with Crippen molar-refractivity contribution >= 4 is 13.1 Å². The molecule has 3 rings (SSSR count). The zero-order valence-corrected chi connectivity index (χ0v) is 35.8. The van der Waals surface area contributed by atoms with E-state index in [1.165, 1.54) is 26.2 Å². The first-order valence-corrected chi connectivity index (χ1v) is 20.1. The fourth-order valence-corrected chi connectivity index (χ4v) is 8.95. The average Bonchev–Trinajstić information content (AvgIpc) is 3.11. The van der Waals surface area contributed by atoms with Crippen molar-refractivity contribution in [3.8, 4) is 0 Å². The van der Waals surface area contributed by atoms with E-state index in [-0.39, 0.29) is 25.2 Å². The number of cyclic esters (lactones) is 1. The minimum absolute atomic E-state index is 0.0910. The molecule has 0 aliphatic carbocycles. The van der Waals surface area contributed by atoms with Crippen molar-refractivity contribution < 1.29 is 68.8 Å². The molecule has 17 heteroatoms. The van der Waals surface area contributed by atoms with Gasteiger partial charge >= 0.3 is 13.1 Å². The van der Waals surface area contributed by atoms with Gasteiger partial charge < -0.3 is 73.8 Å². The highest BCUT2D eigenvalue weighted by Gasteiger charge is 2.52. The highest BCUT2D eigenvalue weighted by Crippen LogP contribution is 2.40. The fourth-order valence-electron chi connectivity index (χ4n) is 8.95. The van der Waals surface area contributed by atoms with Gasteiger partial charge in [0.05, 0.1) is 47.6 Å². The van der Waals surface area contributed by atoms with Crippen molar-refractivity contribution in [2.75, 3.05) is 27.7 Å². The molecule has 16 nitrogen and oxygen atoms in total. The van der Waals surface area contributed by atoms with Crippen molar-refractivity contribution in [1.82, 2.24) is 9.80 Å². The van der Waals surface area contributed by atoms with E-state index in [1.807, 2.05) is 25.8 Å². The van der Waals surface area contributed by atoms with Gasteiger partial charge in [-0.25, -0.2) is 0 Å². The lowest BCUT2D eigenvalue weighted by Crippen LogP contribution is -2.60. The van der Waals surface area contributed by atoms with E-state index >= 15 is 0 Å². The molecule has 0 aromatic heterocycles. The van der Waals surface area contributed by atoms with Gasteiger partial charge in [0.2, 0.25) is 0 Å². The van der Waals surface area contributed by atoms with Crippen LogP contribution in [0.1, 0.15) is 94.9 Å². The predicted octanol–water partition coefficient (Wildman–Crippen LogP) is 0.797. The Labute approximate surface area is 334 Å². The van der Waals surface area contributed by atoms with Crippen LogP contribution in [0.2, 0.25) is 0 Å². The van der Waals surface area contributed by atoms with Gasteiger partial charge in [-0.05, 0) is 92.9 Å². The topological polar surface area (TPSA) is 221 Å². The molecule has 0 radical (unpaired) electrons. The summed E-state index contributed by atoms with van der Waals surface area (Å²) >= 11 is 0. The summed E-state index contributed by atoms with van der Waals surface area (Å²) in [6.07, 6.45) is -7.99. The second-order valence-electron chi connectivity index (χ2n) is 17.6. The van der Waals surface area contributed by atoms with Crippen LogP contribution in [0, 0.1) is 17.8 Å². The highest BCUT2D eigenvalue weighted by molar-refractivity contribution is 6.47. The number of aliphatic hydroxyl groups is 5. The van der Waals surface area contributed by atoms with Gasteiger partial charge in [-0.15, -0.1) is 0 Å². The molecular formula is C39H73BN2O14. The largest absolute Gasteiger partial charge is 0.482 e. The highest BCUT2D eigenvalue weighted by atomic mass is 16.7. The first-order chi connectivity index (χ1) is 25.8. The van der Waals surface area contributed by atoms with Gasteiger partial charge in [-0.3, -0.25) is 4.79 Å². The molecule has 0 aromatic rings. The molecule has 326 valence electrons. The molecule has 0 saturated carbocycles. The molecule has 56 heavy (non-hydrogen) atoms. The van der Waals surface area contributed by atoms with Crippen LogP contribution in [0.5, 0.6) is 0 Å². The summed E-state index contributed by atoms with van der Waals surface area (Å²) in [6, 6.07) is -1.15. The van der Waals surface area contributed by atoms with E-state index in [9.17, 15) is 40.4 Å². The number of methoxy groups -OCH3 is 1. The smallest absolute Gasteiger partial charge is 0.459 e. The van der Waals surface area contributed by atoms with Gasteiger partial charge in [0.1, 0.15) is 30.0 Å². The van der Waals surface area contributed by atoms with E-state index in [2.05, 4.69) is 0 Å². The molecule has 0 unspecified atom stereocenters. The van der Waals surface area contributed by atoms with Crippen molar-refractivity contribution in [3.63, 3.8) is 0 Å². The second-order valence-corrected chi connectivity index (χ2v) is 17.6. The Morgan fingerprint density at radius 2 is 1.61 bits per heavy atom. The number of nitrogens with zero attached hydrogens (tertiary/aromatic N) is 2. The molecule has 18 atom stereocenters. The molecule has 0 bridgehead atoms. The third-order valence-corrected chi connectivity index (χ3v) is 12.6. The van der Waals surface area contributed by atoms with Gasteiger partial charge in [0.15, 0.2) is 12.6 Å². The Balaban J connectivity index is 2.18. The number of hydrogen-bond donors (Lipinski definition) is 7. The lowest BCUT2D eigenvalue weighted by Gasteiger charge is -2.49. The standard InChI is InChI=1S/C39H73BN2O14/c1-14-28-39(10,48)32(44)25(6)42(12)20-21(2)18-37(8,47)34(56-36-30(43)27(17-22(3)52-36)41(11)16-15-40(49)50)23(4)31(24(5)35(46)54-28)55-29-19-38(9,51-13)33(45)26(7)53-29/h15-16,21-34,36,43-45,47-50H,14,17-20H2,1-13H3/t21-,22-,23+,24-,25-,26+,27+,28-,29+,30-,31+,32-,33+,34-,36+,37-,38-,39-/m1/s1. The van der Waals surface area contributed by atoms with Crippen molar-refractivity contribution in [2.45, 2.75) is 185 Å². The summed E-state index contributed by atoms with van der Waals surface area (Å²) in [7, 11) is 3.29. The first kappa shape index (κ1) is 48.9. The van der Waals surface area contributed by atoms with Crippen LogP contribution in [-0.2, 0) is 33.2 Å². The molecule has 3 heterocycles. The number of rotatable bonds is 9. The summed E-state index contributed by atoms with van der Waals surface area (Å²) in [6.45, 7) is 17.6. The zero-order valence-electron chi connectivity index (χ0n) is 35.8. The lowest BCUT2D eigenvalue weighted by molar-refractivity contribution is -0.317. The van der Waals surface area contributed by atoms with Crippen LogP contribution in [0.4, 0.5) is 0 Å². The molecule has 0 spiro atoms. The number of esters is 1. The number of carbonyl (C=O) groups excluding carboxylic acids is 1. The maximum absolute atomic E-state index is 14.3. The Bertz CT molecular complexity index is 1280. The molecule has 3 fully saturated rings. The molecule has 0 aromatic carbocycles.